The minimum atomic E-state index is -1.07. The number of unbranched alkanes of at least 4 members (excludes halogenated alkanes) is 3. The SMILES string of the molecule is CCCCCCNC(=O)CN(C)C(=O)CN(C)C(=O)CN(C)C(=O)CN(C)C(=O)CN(C)C(=O)CCNC(=O)CN1CCN(CC(=O)O)CCN(CC(=O)O)CCN(CC(=O)O)CC1. The summed E-state index contributed by atoms with van der Waals surface area (Å²) in [5.74, 6) is -6.58. The first kappa shape index (κ1) is 56.6. The summed E-state index contributed by atoms with van der Waals surface area (Å²) in [7, 11) is 6.98. The molecule has 1 aliphatic heterocycles. The van der Waals surface area contributed by atoms with Gasteiger partial charge >= 0.3 is 17.9 Å². The highest BCUT2D eigenvalue weighted by molar-refractivity contribution is 5.92. The fourth-order valence-corrected chi connectivity index (χ4v) is 6.33. The number of carboxylic acid groups (broad SMARTS) is 3. The molecule has 0 bridgehead atoms. The van der Waals surface area contributed by atoms with Gasteiger partial charge in [-0.05, 0) is 6.42 Å². The fraction of sp³-hybridized carbons (Fsp3) is 0.750. The van der Waals surface area contributed by atoms with Crippen molar-refractivity contribution in [3.8, 4) is 0 Å². The molecule has 0 aromatic rings. The van der Waals surface area contributed by atoms with Gasteiger partial charge in [-0.25, -0.2) is 0 Å². The number of amides is 7. The molecule has 1 fully saturated rings. The predicted octanol–water partition coefficient (Wildman–Crippen LogP) is -4.04. The summed E-state index contributed by atoms with van der Waals surface area (Å²) in [6, 6.07) is 0. The highest BCUT2D eigenvalue weighted by Gasteiger charge is 2.25. The lowest BCUT2D eigenvalue weighted by Crippen LogP contribution is -2.50. The Balaban J connectivity index is 2.62. The third kappa shape index (κ3) is 25.0. The van der Waals surface area contributed by atoms with E-state index in [9.17, 15) is 63.3 Å². The average Bonchev–Trinajstić information content (AvgIpc) is 3.20. The zero-order valence-corrected chi connectivity index (χ0v) is 38.4. The standard InChI is InChI=1S/C40H71N11O13/c1-7-8-9-10-12-41-31(52)22-43(2)34(55)25-45(4)36(57)27-47(6)37(58)26-46(5)35(56)24-44(3)33(54)11-13-42-32(53)23-48-14-16-49(28-38(59)60)18-20-51(30-40(63)64)21-19-50(17-15-48)29-39(61)62/h7-30H2,1-6H3,(H,41,52)(H,42,53)(H,59,60)(H,61,62)(H,63,64). The molecule has 1 aliphatic rings. The molecular weight excluding hydrogens is 843 g/mol. The van der Waals surface area contributed by atoms with E-state index in [2.05, 4.69) is 17.6 Å². The van der Waals surface area contributed by atoms with E-state index in [0.717, 1.165) is 45.3 Å². The Hall–Kier alpha value is -5.46. The van der Waals surface area contributed by atoms with Gasteiger partial charge in [0.15, 0.2) is 0 Å². The Kier molecular flexibility index (Phi) is 27.0. The Labute approximate surface area is 375 Å². The Morgan fingerprint density at radius 2 is 0.719 bits per heavy atom. The van der Waals surface area contributed by atoms with Crippen molar-refractivity contribution >= 4 is 59.3 Å². The van der Waals surface area contributed by atoms with Crippen LogP contribution in [-0.4, -0.2) is 278 Å². The number of hydrogen-bond donors (Lipinski definition) is 5. The first-order valence-electron chi connectivity index (χ1n) is 21.4. The van der Waals surface area contributed by atoms with Crippen molar-refractivity contribution in [2.24, 2.45) is 0 Å². The van der Waals surface area contributed by atoms with E-state index in [4.69, 9.17) is 0 Å². The largest absolute Gasteiger partial charge is 0.480 e. The van der Waals surface area contributed by atoms with Gasteiger partial charge < -0.3 is 50.5 Å². The summed E-state index contributed by atoms with van der Waals surface area (Å²) in [5.41, 5.74) is 0. The molecule has 364 valence electrons. The molecule has 24 nitrogen and oxygen atoms in total. The number of carbonyl (C=O) groups excluding carboxylic acids is 7. The van der Waals surface area contributed by atoms with Gasteiger partial charge in [-0.15, -0.1) is 0 Å². The Morgan fingerprint density at radius 1 is 0.406 bits per heavy atom. The number of nitrogens with one attached hydrogen (secondary N) is 2. The van der Waals surface area contributed by atoms with Crippen LogP contribution in [0.25, 0.3) is 0 Å². The lowest BCUT2D eigenvalue weighted by atomic mass is 10.2. The van der Waals surface area contributed by atoms with Crippen molar-refractivity contribution in [3.05, 3.63) is 0 Å². The van der Waals surface area contributed by atoms with Crippen LogP contribution in [0.4, 0.5) is 0 Å². The van der Waals surface area contributed by atoms with E-state index in [0.29, 0.717) is 6.54 Å². The van der Waals surface area contributed by atoms with E-state index in [1.807, 2.05) is 0 Å². The number of nitrogens with zero attached hydrogens (tertiary/aromatic N) is 9. The molecule has 1 saturated heterocycles. The van der Waals surface area contributed by atoms with Crippen LogP contribution in [0, 0.1) is 0 Å². The Bertz CT molecular complexity index is 1550. The van der Waals surface area contributed by atoms with Gasteiger partial charge in [0.2, 0.25) is 41.4 Å². The third-order valence-corrected chi connectivity index (χ3v) is 10.4. The van der Waals surface area contributed by atoms with E-state index < -0.39 is 59.9 Å². The molecule has 0 aromatic carbocycles. The molecule has 0 saturated carbocycles. The van der Waals surface area contributed by atoms with Crippen molar-refractivity contribution in [1.82, 2.24) is 54.7 Å². The molecule has 24 heteroatoms. The van der Waals surface area contributed by atoms with Gasteiger partial charge in [-0.1, -0.05) is 26.2 Å². The second-order valence-electron chi connectivity index (χ2n) is 16.0. The number of rotatable bonds is 26. The summed E-state index contributed by atoms with van der Waals surface area (Å²) in [4.78, 5) is 136. The molecule has 64 heavy (non-hydrogen) atoms. The first-order chi connectivity index (χ1) is 30.1. The number of carboxylic acids is 3. The van der Waals surface area contributed by atoms with Crippen LogP contribution >= 0.6 is 0 Å². The fourth-order valence-electron chi connectivity index (χ4n) is 6.33. The average molecular weight is 914 g/mol. The summed E-state index contributed by atoms with van der Waals surface area (Å²) < 4.78 is 0. The number of likely N-dealkylation sites (N-methyl/N-ethyl adjacent to an activating group) is 5. The normalized spacial score (nSPS) is 14.5. The Morgan fingerprint density at radius 3 is 1.06 bits per heavy atom. The monoisotopic (exact) mass is 914 g/mol. The van der Waals surface area contributed by atoms with Crippen LogP contribution in [0.3, 0.4) is 0 Å². The summed E-state index contributed by atoms with van der Waals surface area (Å²) >= 11 is 0. The predicted molar refractivity (Wildman–Crippen MR) is 232 cm³/mol. The maximum atomic E-state index is 13.0. The topological polar surface area (TPSA) is 285 Å². The number of hydrogen-bond acceptors (Lipinski definition) is 14. The van der Waals surface area contributed by atoms with Crippen molar-refractivity contribution in [2.45, 2.75) is 39.0 Å². The molecule has 1 heterocycles. The van der Waals surface area contributed by atoms with Crippen molar-refractivity contribution in [1.29, 1.82) is 0 Å². The molecule has 0 atom stereocenters. The summed E-state index contributed by atoms with van der Waals surface area (Å²) in [6.07, 6.45) is 3.84. The van der Waals surface area contributed by atoms with Crippen LogP contribution < -0.4 is 10.6 Å². The second-order valence-corrected chi connectivity index (χ2v) is 16.0. The molecule has 1 rings (SSSR count). The zero-order chi connectivity index (χ0) is 48.4. The quantitative estimate of drug-likeness (QED) is 0.0517. The molecule has 5 N–H and O–H groups in total. The van der Waals surface area contributed by atoms with E-state index in [1.165, 1.54) is 40.1 Å². The van der Waals surface area contributed by atoms with Gasteiger partial charge in [-0.3, -0.25) is 67.5 Å². The summed E-state index contributed by atoms with van der Waals surface area (Å²) in [6.45, 7) is 1.70. The van der Waals surface area contributed by atoms with Crippen LogP contribution in [0.2, 0.25) is 0 Å². The van der Waals surface area contributed by atoms with Gasteiger partial charge in [0, 0.05) is 107 Å². The van der Waals surface area contributed by atoms with E-state index in [1.54, 1.807) is 19.6 Å². The van der Waals surface area contributed by atoms with Crippen LogP contribution in [0.15, 0.2) is 0 Å². The molecule has 0 radical (unpaired) electrons. The van der Waals surface area contributed by atoms with Gasteiger partial charge in [0.05, 0.1) is 58.9 Å². The molecule has 0 aliphatic carbocycles. The first-order valence-corrected chi connectivity index (χ1v) is 21.4. The maximum Gasteiger partial charge on any atom is 0.317 e. The highest BCUT2D eigenvalue weighted by Crippen LogP contribution is 2.03. The van der Waals surface area contributed by atoms with Gasteiger partial charge in [-0.2, -0.15) is 0 Å². The molecule has 0 unspecified atom stereocenters. The van der Waals surface area contributed by atoms with Gasteiger partial charge in [0.1, 0.15) is 0 Å². The zero-order valence-electron chi connectivity index (χ0n) is 38.4. The molecule has 0 aromatic heterocycles. The summed E-state index contributed by atoms with van der Waals surface area (Å²) in [5, 5.41) is 33.6. The van der Waals surface area contributed by atoms with Crippen LogP contribution in [0.1, 0.15) is 39.0 Å². The molecule has 0 spiro atoms. The highest BCUT2D eigenvalue weighted by atomic mass is 16.4. The smallest absolute Gasteiger partial charge is 0.317 e. The maximum absolute atomic E-state index is 13.0. The lowest BCUT2D eigenvalue weighted by Gasteiger charge is -2.32. The minimum Gasteiger partial charge on any atom is -0.480 e. The second kappa shape index (κ2) is 30.6. The molecule has 7 amide bonds. The number of aliphatic carboxylic acids is 3. The minimum absolute atomic E-state index is 0.0717. The number of carbonyl (C=O) groups is 10. The van der Waals surface area contributed by atoms with E-state index in [-0.39, 0.29) is 124 Å². The molecular formula is C40H71N11O13. The van der Waals surface area contributed by atoms with Gasteiger partial charge in [0.25, 0.3) is 0 Å². The van der Waals surface area contributed by atoms with Crippen molar-refractivity contribution < 1.29 is 63.3 Å². The van der Waals surface area contributed by atoms with Crippen LogP contribution in [-0.2, 0) is 47.9 Å². The van der Waals surface area contributed by atoms with E-state index >= 15 is 0 Å². The van der Waals surface area contributed by atoms with Crippen molar-refractivity contribution in [2.75, 3.05) is 160 Å². The third-order valence-electron chi connectivity index (χ3n) is 10.4. The van der Waals surface area contributed by atoms with Crippen molar-refractivity contribution in [3.63, 3.8) is 0 Å². The lowest BCUT2D eigenvalue weighted by molar-refractivity contribution is -0.145. The van der Waals surface area contributed by atoms with Crippen LogP contribution in [0.5, 0.6) is 0 Å².